The number of rotatable bonds is 4. The number of amides is 1. The summed E-state index contributed by atoms with van der Waals surface area (Å²) in [5.74, 6) is -0.435. The van der Waals surface area contributed by atoms with Gasteiger partial charge >= 0.3 is 5.97 Å². The van der Waals surface area contributed by atoms with E-state index in [1.807, 2.05) is 0 Å². The number of hydrogen-bond donors (Lipinski definition) is 1. The summed E-state index contributed by atoms with van der Waals surface area (Å²) in [7, 11) is 0. The molecule has 0 radical (unpaired) electrons. The summed E-state index contributed by atoms with van der Waals surface area (Å²) in [6, 6.07) is 3.42. The zero-order chi connectivity index (χ0) is 11.5. The number of furan rings is 1. The molecule has 2 heterocycles. The molecule has 1 aliphatic heterocycles. The Balaban J connectivity index is 1.96. The molecule has 1 N–H and O–H groups in total. The molecule has 1 fully saturated rings. The average molecular weight is 221 g/mol. The summed E-state index contributed by atoms with van der Waals surface area (Å²) >= 11 is 0. The lowest BCUT2D eigenvalue weighted by molar-refractivity contribution is -0.152. The molecule has 1 aromatic rings. The summed E-state index contributed by atoms with van der Waals surface area (Å²) < 4.78 is 5.09. The van der Waals surface area contributed by atoms with Crippen molar-refractivity contribution in [3.05, 3.63) is 30.2 Å². The van der Waals surface area contributed by atoms with Crippen molar-refractivity contribution in [2.24, 2.45) is 0 Å². The normalized spacial score (nSPS) is 20.1. The number of hydrogen-bond acceptors (Lipinski definition) is 3. The second-order valence-electron chi connectivity index (χ2n) is 3.56. The fraction of sp³-hybridized carbons (Fsp3) is 0.273. The van der Waals surface area contributed by atoms with E-state index in [4.69, 9.17) is 9.52 Å². The van der Waals surface area contributed by atoms with Crippen molar-refractivity contribution in [1.82, 2.24) is 4.90 Å². The van der Waals surface area contributed by atoms with E-state index in [9.17, 15) is 9.59 Å². The maximum Gasteiger partial charge on any atom is 0.323 e. The van der Waals surface area contributed by atoms with Crippen LogP contribution in [0.3, 0.4) is 0 Å². The Bertz CT molecular complexity index is 421. The molecule has 16 heavy (non-hydrogen) atoms. The van der Waals surface area contributed by atoms with E-state index in [0.717, 1.165) is 0 Å². The lowest BCUT2D eigenvalue weighted by atomic mass is 10.0. The van der Waals surface area contributed by atoms with Gasteiger partial charge in [-0.3, -0.25) is 9.59 Å². The summed E-state index contributed by atoms with van der Waals surface area (Å²) in [5, 5.41) is 8.60. The number of carboxylic acids is 1. The van der Waals surface area contributed by atoms with Crippen molar-refractivity contribution >= 4 is 18.0 Å². The number of likely N-dealkylation sites (tertiary alicyclic amines) is 1. The van der Waals surface area contributed by atoms with Crippen molar-refractivity contribution < 1.29 is 19.1 Å². The monoisotopic (exact) mass is 221 g/mol. The molecule has 0 aromatic carbocycles. The summed E-state index contributed by atoms with van der Waals surface area (Å²) in [5.41, 5.74) is 0. The number of carboxylic acid groups (broad SMARTS) is 1. The van der Waals surface area contributed by atoms with Crippen molar-refractivity contribution in [2.45, 2.75) is 12.5 Å². The molecule has 2 rings (SSSR count). The van der Waals surface area contributed by atoms with Crippen LogP contribution in [0.5, 0.6) is 0 Å². The third kappa shape index (κ3) is 2.13. The van der Waals surface area contributed by atoms with Crippen LogP contribution in [0.25, 0.3) is 6.08 Å². The summed E-state index contributed by atoms with van der Waals surface area (Å²) in [6.07, 6.45) is 5.44. The molecule has 1 amide bonds. The van der Waals surface area contributed by atoms with Gasteiger partial charge in [0.15, 0.2) is 0 Å². The highest BCUT2D eigenvalue weighted by molar-refractivity contribution is 5.87. The zero-order valence-electron chi connectivity index (χ0n) is 8.50. The Morgan fingerprint density at radius 1 is 1.69 bits per heavy atom. The van der Waals surface area contributed by atoms with Crippen molar-refractivity contribution in [1.29, 1.82) is 0 Å². The van der Waals surface area contributed by atoms with Gasteiger partial charge in [-0.15, -0.1) is 0 Å². The van der Waals surface area contributed by atoms with Crippen molar-refractivity contribution in [3.63, 3.8) is 0 Å². The molecule has 1 atom stereocenters. The van der Waals surface area contributed by atoms with Crippen LogP contribution in [0.2, 0.25) is 0 Å². The number of aliphatic carboxylic acids is 1. The first-order valence-corrected chi connectivity index (χ1v) is 4.90. The van der Waals surface area contributed by atoms with Gasteiger partial charge in [-0.05, 0) is 18.2 Å². The highest BCUT2D eigenvalue weighted by Crippen LogP contribution is 2.20. The topological polar surface area (TPSA) is 70.8 Å². The zero-order valence-corrected chi connectivity index (χ0v) is 8.50. The van der Waals surface area contributed by atoms with Crippen LogP contribution >= 0.6 is 0 Å². The number of carbonyl (C=O) groups excluding carboxylic acids is 1. The van der Waals surface area contributed by atoms with Crippen LogP contribution in [0, 0.1) is 0 Å². The van der Waals surface area contributed by atoms with E-state index in [2.05, 4.69) is 0 Å². The van der Waals surface area contributed by atoms with Gasteiger partial charge in [0.1, 0.15) is 12.3 Å². The Morgan fingerprint density at radius 2 is 2.50 bits per heavy atom. The smallest absolute Gasteiger partial charge is 0.323 e. The van der Waals surface area contributed by atoms with Crippen LogP contribution in [-0.4, -0.2) is 34.5 Å². The van der Waals surface area contributed by atoms with E-state index in [1.165, 1.54) is 4.90 Å². The van der Waals surface area contributed by atoms with Crippen molar-refractivity contribution in [2.75, 3.05) is 6.54 Å². The predicted octanol–water partition coefficient (Wildman–Crippen LogP) is 0.978. The molecule has 84 valence electrons. The van der Waals surface area contributed by atoms with Crippen molar-refractivity contribution in [3.8, 4) is 0 Å². The van der Waals surface area contributed by atoms with E-state index >= 15 is 0 Å². The van der Waals surface area contributed by atoms with Gasteiger partial charge in [0, 0.05) is 0 Å². The van der Waals surface area contributed by atoms with Crippen LogP contribution in [0.1, 0.15) is 12.2 Å². The molecular formula is C11H11NO4. The summed E-state index contributed by atoms with van der Waals surface area (Å²) in [6.45, 7) is -0.244. The molecular weight excluding hydrogens is 210 g/mol. The first-order chi connectivity index (χ1) is 7.66. The minimum absolute atomic E-state index is 0.128. The van der Waals surface area contributed by atoms with Gasteiger partial charge < -0.3 is 14.4 Å². The lowest BCUT2D eigenvalue weighted by Crippen LogP contribution is -2.53. The minimum atomic E-state index is -0.996. The van der Waals surface area contributed by atoms with Crippen LogP contribution in [-0.2, 0) is 9.59 Å². The third-order valence-electron chi connectivity index (χ3n) is 2.44. The second-order valence-corrected chi connectivity index (χ2v) is 3.56. The van der Waals surface area contributed by atoms with Gasteiger partial charge in [-0.25, -0.2) is 0 Å². The van der Waals surface area contributed by atoms with Gasteiger partial charge in [-0.2, -0.15) is 0 Å². The Morgan fingerprint density at radius 3 is 3.06 bits per heavy atom. The third-order valence-corrected chi connectivity index (χ3v) is 2.44. The Hall–Kier alpha value is -2.04. The van der Waals surface area contributed by atoms with E-state index in [0.29, 0.717) is 12.2 Å². The molecule has 0 unspecified atom stereocenters. The highest BCUT2D eigenvalue weighted by Gasteiger charge is 2.35. The van der Waals surface area contributed by atoms with Gasteiger partial charge in [0.25, 0.3) is 0 Å². The lowest BCUT2D eigenvalue weighted by Gasteiger charge is -2.37. The number of nitrogens with zero attached hydrogens (tertiary/aromatic N) is 1. The Labute approximate surface area is 92.0 Å². The van der Waals surface area contributed by atoms with Crippen LogP contribution in [0.4, 0.5) is 0 Å². The van der Waals surface area contributed by atoms with Crippen LogP contribution < -0.4 is 0 Å². The average Bonchev–Trinajstić information content (AvgIpc) is 2.73. The summed E-state index contributed by atoms with van der Waals surface area (Å²) in [4.78, 5) is 23.0. The molecule has 0 saturated carbocycles. The molecule has 0 spiro atoms. The van der Waals surface area contributed by atoms with Gasteiger partial charge in [0.2, 0.25) is 5.91 Å². The second kappa shape index (κ2) is 4.22. The Kier molecular flexibility index (Phi) is 2.76. The molecule has 1 aromatic heterocycles. The van der Waals surface area contributed by atoms with E-state index in [-0.39, 0.29) is 18.5 Å². The van der Waals surface area contributed by atoms with E-state index < -0.39 is 5.97 Å². The number of carbonyl (C=O) groups is 2. The maximum absolute atomic E-state index is 11.1. The minimum Gasteiger partial charge on any atom is -0.480 e. The molecule has 1 aliphatic rings. The van der Waals surface area contributed by atoms with E-state index in [1.54, 1.807) is 30.5 Å². The fourth-order valence-electron chi connectivity index (χ4n) is 1.59. The molecule has 0 aliphatic carbocycles. The first kappa shape index (κ1) is 10.5. The largest absolute Gasteiger partial charge is 0.480 e. The number of β-lactam (4-membered cyclic amide) rings is 1. The SMILES string of the molecule is O=C(O)CN1C(=O)C[C@@H]1/C=C/c1ccco1. The standard InChI is InChI=1S/C11H11NO4/c13-10-6-8(12(10)7-11(14)15)3-4-9-2-1-5-16-9/h1-5,8H,6-7H2,(H,14,15)/b4-3+/t8-/m0/s1. The maximum atomic E-state index is 11.1. The highest BCUT2D eigenvalue weighted by atomic mass is 16.4. The quantitative estimate of drug-likeness (QED) is 0.769. The first-order valence-electron chi connectivity index (χ1n) is 4.90. The fourth-order valence-corrected chi connectivity index (χ4v) is 1.59. The molecule has 5 nitrogen and oxygen atoms in total. The van der Waals surface area contributed by atoms with Crippen LogP contribution in [0.15, 0.2) is 28.9 Å². The molecule has 1 saturated heterocycles. The van der Waals surface area contributed by atoms with Gasteiger partial charge in [-0.1, -0.05) is 6.08 Å². The molecule has 5 heteroatoms. The van der Waals surface area contributed by atoms with Gasteiger partial charge in [0.05, 0.1) is 18.7 Å². The molecule has 0 bridgehead atoms. The predicted molar refractivity (Wildman–Crippen MR) is 55.5 cm³/mol.